The van der Waals surface area contributed by atoms with Crippen LogP contribution in [0.15, 0.2) is 29.2 Å². The summed E-state index contributed by atoms with van der Waals surface area (Å²) in [5.74, 6) is 3.07. The van der Waals surface area contributed by atoms with Crippen molar-refractivity contribution in [1.82, 2.24) is 10.2 Å². The van der Waals surface area contributed by atoms with E-state index in [4.69, 9.17) is 0 Å². The van der Waals surface area contributed by atoms with Gasteiger partial charge in [-0.1, -0.05) is 17.7 Å². The lowest BCUT2D eigenvalue weighted by Gasteiger charge is -2.16. The lowest BCUT2D eigenvalue weighted by atomic mass is 10.0. The van der Waals surface area contributed by atoms with E-state index in [-0.39, 0.29) is 0 Å². The highest BCUT2D eigenvalue weighted by Crippen LogP contribution is 2.27. The van der Waals surface area contributed by atoms with Crippen molar-refractivity contribution in [2.75, 3.05) is 38.5 Å². The summed E-state index contributed by atoms with van der Waals surface area (Å²) in [5.41, 5.74) is 1.35. The third kappa shape index (κ3) is 2.90. The summed E-state index contributed by atoms with van der Waals surface area (Å²) in [7, 11) is 0. The van der Waals surface area contributed by atoms with Crippen LogP contribution in [0.5, 0.6) is 0 Å². The van der Waals surface area contributed by atoms with E-state index in [0.717, 1.165) is 11.8 Å². The predicted octanol–water partition coefficient (Wildman–Crippen LogP) is 2.24. The maximum atomic E-state index is 3.50. The molecule has 3 heteroatoms. The van der Waals surface area contributed by atoms with Crippen LogP contribution < -0.4 is 5.32 Å². The third-order valence-electron chi connectivity index (χ3n) is 4.16. The summed E-state index contributed by atoms with van der Waals surface area (Å²) in [5, 5.41) is 3.50. The topological polar surface area (TPSA) is 15.3 Å². The van der Waals surface area contributed by atoms with Crippen molar-refractivity contribution in [3.8, 4) is 0 Å². The van der Waals surface area contributed by atoms with E-state index in [2.05, 4.69) is 41.4 Å². The van der Waals surface area contributed by atoms with Crippen LogP contribution in [-0.4, -0.2) is 43.4 Å². The molecule has 2 saturated heterocycles. The van der Waals surface area contributed by atoms with Gasteiger partial charge in [-0.2, -0.15) is 0 Å². The third-order valence-corrected chi connectivity index (χ3v) is 5.15. The molecule has 2 fully saturated rings. The minimum absolute atomic E-state index is 0.925. The first-order chi connectivity index (χ1) is 8.81. The van der Waals surface area contributed by atoms with E-state index >= 15 is 0 Å². The fraction of sp³-hybridized carbons (Fsp3) is 0.600. The van der Waals surface area contributed by atoms with E-state index < -0.39 is 0 Å². The average molecular weight is 262 g/mol. The average Bonchev–Trinajstić information content (AvgIpc) is 2.92. The number of hydrogen-bond donors (Lipinski definition) is 1. The summed E-state index contributed by atoms with van der Waals surface area (Å²) in [6.45, 7) is 8.49. The molecular weight excluding hydrogens is 240 g/mol. The molecule has 3 rings (SSSR count). The molecule has 0 spiro atoms. The summed E-state index contributed by atoms with van der Waals surface area (Å²) in [6.07, 6.45) is 0. The Hall–Kier alpha value is -0.510. The summed E-state index contributed by atoms with van der Waals surface area (Å²) < 4.78 is 0. The molecule has 0 bridgehead atoms. The molecule has 0 amide bonds. The number of nitrogens with zero attached hydrogens (tertiary/aromatic N) is 1. The first-order valence-electron chi connectivity index (χ1n) is 6.94. The number of fused-ring (bicyclic) bond motifs is 1. The second-order valence-electron chi connectivity index (χ2n) is 5.60. The van der Waals surface area contributed by atoms with Crippen LogP contribution >= 0.6 is 11.8 Å². The van der Waals surface area contributed by atoms with Gasteiger partial charge in [-0.15, -0.1) is 11.8 Å². The van der Waals surface area contributed by atoms with Crippen LogP contribution in [0.3, 0.4) is 0 Å². The zero-order chi connectivity index (χ0) is 12.4. The molecule has 0 radical (unpaired) electrons. The normalized spacial score (nSPS) is 27.6. The lowest BCUT2D eigenvalue weighted by Crippen LogP contribution is -2.27. The number of benzene rings is 1. The molecule has 0 saturated carbocycles. The number of thioether (sulfide) groups is 1. The minimum atomic E-state index is 0.925. The van der Waals surface area contributed by atoms with Crippen LogP contribution in [0.2, 0.25) is 0 Å². The van der Waals surface area contributed by atoms with Crippen molar-refractivity contribution in [3.63, 3.8) is 0 Å². The SMILES string of the molecule is Cc1ccc(SCCN2C[C@H]3CNC[C@H]3C2)cc1. The Morgan fingerprint density at radius 3 is 2.50 bits per heavy atom. The van der Waals surface area contributed by atoms with Crippen LogP contribution in [-0.2, 0) is 0 Å². The molecule has 1 aromatic rings. The zero-order valence-corrected chi connectivity index (χ0v) is 11.9. The minimum Gasteiger partial charge on any atom is -0.316 e. The molecule has 1 N–H and O–H groups in total. The Morgan fingerprint density at radius 1 is 1.17 bits per heavy atom. The summed E-state index contributed by atoms with van der Waals surface area (Å²) in [6, 6.07) is 8.88. The van der Waals surface area contributed by atoms with Gasteiger partial charge < -0.3 is 10.2 Å². The predicted molar refractivity (Wildman–Crippen MR) is 78.2 cm³/mol. The van der Waals surface area contributed by atoms with Crippen LogP contribution in [0.1, 0.15) is 5.56 Å². The lowest BCUT2D eigenvalue weighted by molar-refractivity contribution is 0.333. The molecule has 18 heavy (non-hydrogen) atoms. The molecule has 1 aromatic carbocycles. The monoisotopic (exact) mass is 262 g/mol. The van der Waals surface area contributed by atoms with Gasteiger partial charge >= 0.3 is 0 Å². The first kappa shape index (κ1) is 12.5. The summed E-state index contributed by atoms with van der Waals surface area (Å²) >= 11 is 1.99. The Bertz CT molecular complexity index is 378. The van der Waals surface area contributed by atoms with Crippen molar-refractivity contribution in [2.24, 2.45) is 11.8 Å². The van der Waals surface area contributed by atoms with Gasteiger partial charge in [-0.25, -0.2) is 0 Å². The van der Waals surface area contributed by atoms with Gasteiger partial charge in [-0.05, 0) is 44.0 Å². The second-order valence-corrected chi connectivity index (χ2v) is 6.77. The van der Waals surface area contributed by atoms with Crippen molar-refractivity contribution < 1.29 is 0 Å². The highest BCUT2D eigenvalue weighted by Gasteiger charge is 2.35. The molecule has 0 unspecified atom stereocenters. The molecule has 98 valence electrons. The van der Waals surface area contributed by atoms with E-state index in [1.807, 2.05) is 11.8 Å². The van der Waals surface area contributed by atoms with Gasteiger partial charge in [0, 0.05) is 30.3 Å². The number of likely N-dealkylation sites (tertiary alicyclic amines) is 1. The molecule has 2 atom stereocenters. The number of rotatable bonds is 4. The largest absolute Gasteiger partial charge is 0.316 e. The quantitative estimate of drug-likeness (QED) is 0.838. The van der Waals surface area contributed by atoms with Gasteiger partial charge in [0.05, 0.1) is 0 Å². The Kier molecular flexibility index (Phi) is 3.92. The maximum absolute atomic E-state index is 3.50. The summed E-state index contributed by atoms with van der Waals surface area (Å²) in [4.78, 5) is 4.05. The van der Waals surface area contributed by atoms with E-state index in [0.29, 0.717) is 0 Å². The fourth-order valence-electron chi connectivity index (χ4n) is 3.06. The van der Waals surface area contributed by atoms with Gasteiger partial charge in [0.1, 0.15) is 0 Å². The maximum Gasteiger partial charge on any atom is 0.0108 e. The van der Waals surface area contributed by atoms with Crippen molar-refractivity contribution >= 4 is 11.8 Å². The first-order valence-corrected chi connectivity index (χ1v) is 7.92. The van der Waals surface area contributed by atoms with E-state index in [9.17, 15) is 0 Å². The van der Waals surface area contributed by atoms with E-state index in [1.165, 1.54) is 48.9 Å². The molecule has 2 aliphatic rings. The van der Waals surface area contributed by atoms with Gasteiger partial charge in [-0.3, -0.25) is 0 Å². The second kappa shape index (κ2) is 5.64. The zero-order valence-electron chi connectivity index (χ0n) is 11.1. The van der Waals surface area contributed by atoms with Crippen molar-refractivity contribution in [1.29, 1.82) is 0 Å². The highest BCUT2D eigenvalue weighted by atomic mass is 32.2. The van der Waals surface area contributed by atoms with Crippen molar-refractivity contribution in [2.45, 2.75) is 11.8 Å². The molecule has 2 nitrogen and oxygen atoms in total. The molecule has 2 aliphatic heterocycles. The smallest absolute Gasteiger partial charge is 0.0108 e. The molecule has 0 aromatic heterocycles. The molecular formula is C15H22N2S. The van der Waals surface area contributed by atoms with Gasteiger partial charge in [0.2, 0.25) is 0 Å². The van der Waals surface area contributed by atoms with Crippen LogP contribution in [0.4, 0.5) is 0 Å². The van der Waals surface area contributed by atoms with Crippen LogP contribution in [0, 0.1) is 18.8 Å². The number of nitrogens with one attached hydrogen (secondary N) is 1. The fourth-order valence-corrected chi connectivity index (χ4v) is 3.98. The number of hydrogen-bond acceptors (Lipinski definition) is 3. The molecule has 2 heterocycles. The standard InChI is InChI=1S/C15H22N2S/c1-12-2-4-15(5-3-12)18-7-6-17-10-13-8-16-9-14(13)11-17/h2-5,13-14,16H,6-11H2,1H3/t13-,14+. The van der Waals surface area contributed by atoms with Crippen LogP contribution in [0.25, 0.3) is 0 Å². The Labute approximate surface area is 114 Å². The van der Waals surface area contributed by atoms with E-state index in [1.54, 1.807) is 0 Å². The molecule has 0 aliphatic carbocycles. The van der Waals surface area contributed by atoms with Gasteiger partial charge in [0.15, 0.2) is 0 Å². The van der Waals surface area contributed by atoms with Crippen molar-refractivity contribution in [3.05, 3.63) is 29.8 Å². The number of aryl methyl sites for hydroxylation is 1. The Balaban J connectivity index is 1.41. The van der Waals surface area contributed by atoms with Gasteiger partial charge in [0.25, 0.3) is 0 Å². The Morgan fingerprint density at radius 2 is 1.83 bits per heavy atom. The highest BCUT2D eigenvalue weighted by molar-refractivity contribution is 7.99.